The Labute approximate surface area is 91.3 Å². The van der Waals surface area contributed by atoms with Gasteiger partial charge in [0.1, 0.15) is 11.6 Å². The first-order valence-electron chi connectivity index (χ1n) is 4.46. The van der Waals surface area contributed by atoms with Crippen LogP contribution in [0.15, 0.2) is 23.9 Å². The lowest BCUT2D eigenvalue weighted by Gasteiger charge is -2.04. The van der Waals surface area contributed by atoms with Crippen molar-refractivity contribution in [1.82, 2.24) is 0 Å². The maximum Gasteiger partial charge on any atom is 0.155 e. The van der Waals surface area contributed by atoms with Crippen molar-refractivity contribution in [1.29, 1.82) is 5.41 Å². The second-order valence-corrected chi connectivity index (χ2v) is 3.15. The molecule has 0 unspecified atom stereocenters. The third kappa shape index (κ3) is 2.73. The molecule has 0 radical (unpaired) electrons. The number of allylic oxidation sites excluding steroid dienone is 1. The molecule has 84 valence electrons. The molecule has 0 fully saturated rings. The van der Waals surface area contributed by atoms with Crippen LogP contribution in [0.25, 0.3) is 0 Å². The molecule has 0 aliphatic heterocycles. The molecule has 0 heterocycles. The van der Waals surface area contributed by atoms with Gasteiger partial charge >= 0.3 is 0 Å². The molecule has 0 spiro atoms. The quantitative estimate of drug-likeness (QED) is 0.610. The van der Waals surface area contributed by atoms with Crippen LogP contribution in [0.1, 0.15) is 17.3 Å². The van der Waals surface area contributed by atoms with Gasteiger partial charge in [0.05, 0.1) is 5.56 Å². The number of rotatable bonds is 4. The minimum Gasteiger partial charge on any atom is -0.361 e. The molecule has 2 N–H and O–H groups in total. The van der Waals surface area contributed by atoms with Gasteiger partial charge in [-0.1, -0.05) is 0 Å². The van der Waals surface area contributed by atoms with Gasteiger partial charge < -0.3 is 10.7 Å². The molecule has 0 saturated heterocycles. The number of carbonyl (C=O) groups is 1. The van der Waals surface area contributed by atoms with Crippen LogP contribution in [0.5, 0.6) is 0 Å². The predicted octanol–water partition coefficient (Wildman–Crippen LogP) is 2.74. The average Bonchev–Trinajstić information content (AvgIpc) is 2.25. The van der Waals surface area contributed by atoms with Gasteiger partial charge in [-0.3, -0.25) is 4.79 Å². The van der Waals surface area contributed by atoms with Crippen LogP contribution in [0.4, 0.5) is 14.5 Å². The second-order valence-electron chi connectivity index (χ2n) is 3.15. The minimum atomic E-state index is -0.918. The van der Waals surface area contributed by atoms with Crippen LogP contribution in [0.2, 0.25) is 0 Å². The average molecular weight is 224 g/mol. The third-order valence-electron chi connectivity index (χ3n) is 1.89. The standard InChI is InChI=1S/C11H10F2N2O/c1-7(4-14)5-15-8-2-10(12)9(6-16)11(13)3-8/h2-6,14-15H,1H3/b7-5-,14-4?. The van der Waals surface area contributed by atoms with E-state index < -0.39 is 17.2 Å². The summed E-state index contributed by atoms with van der Waals surface area (Å²) in [5.74, 6) is -1.84. The monoisotopic (exact) mass is 224 g/mol. The summed E-state index contributed by atoms with van der Waals surface area (Å²) in [6.07, 6.45) is 2.66. The Hall–Kier alpha value is -2.04. The van der Waals surface area contributed by atoms with Crippen LogP contribution in [0.3, 0.4) is 0 Å². The van der Waals surface area contributed by atoms with Crippen molar-refractivity contribution in [3.05, 3.63) is 41.1 Å². The van der Waals surface area contributed by atoms with Crippen LogP contribution in [-0.2, 0) is 0 Å². The predicted molar refractivity (Wildman–Crippen MR) is 57.9 cm³/mol. The van der Waals surface area contributed by atoms with E-state index in [2.05, 4.69) is 5.32 Å². The third-order valence-corrected chi connectivity index (χ3v) is 1.89. The minimum absolute atomic E-state index is 0.132. The SMILES string of the molecule is C/C(C=N)=C/Nc1cc(F)c(C=O)c(F)c1. The molecule has 5 heteroatoms. The van der Waals surface area contributed by atoms with E-state index in [1.165, 1.54) is 6.20 Å². The first-order chi connectivity index (χ1) is 7.58. The lowest BCUT2D eigenvalue weighted by atomic mass is 10.2. The second kappa shape index (κ2) is 5.16. The van der Waals surface area contributed by atoms with Crippen LogP contribution in [0, 0.1) is 17.0 Å². The smallest absolute Gasteiger partial charge is 0.155 e. The zero-order valence-electron chi connectivity index (χ0n) is 8.55. The molecule has 0 aliphatic rings. The lowest BCUT2D eigenvalue weighted by Crippen LogP contribution is -1.98. The summed E-state index contributed by atoms with van der Waals surface area (Å²) in [6, 6.07) is 2.03. The van der Waals surface area contributed by atoms with Gasteiger partial charge in [0.15, 0.2) is 6.29 Å². The number of hydrogen-bond donors (Lipinski definition) is 2. The van der Waals surface area contributed by atoms with E-state index in [9.17, 15) is 13.6 Å². The molecule has 0 aliphatic carbocycles. The molecule has 1 rings (SSSR count). The first kappa shape index (κ1) is 12.0. The molecule has 1 aromatic rings. The van der Waals surface area contributed by atoms with Crippen molar-refractivity contribution in [2.24, 2.45) is 0 Å². The molecular weight excluding hydrogens is 214 g/mol. The van der Waals surface area contributed by atoms with Crippen molar-refractivity contribution < 1.29 is 13.6 Å². The number of carbonyl (C=O) groups excluding carboxylic acids is 1. The number of hydrogen-bond acceptors (Lipinski definition) is 3. The van der Waals surface area contributed by atoms with Crippen molar-refractivity contribution in [3.63, 3.8) is 0 Å². The summed E-state index contributed by atoms with van der Waals surface area (Å²) in [4.78, 5) is 10.3. The summed E-state index contributed by atoms with van der Waals surface area (Å²) < 4.78 is 26.3. The Morgan fingerprint density at radius 3 is 2.38 bits per heavy atom. The summed E-state index contributed by atoms with van der Waals surface area (Å²) in [5.41, 5.74) is 0.195. The fourth-order valence-corrected chi connectivity index (χ4v) is 1.02. The van der Waals surface area contributed by atoms with E-state index in [0.29, 0.717) is 5.57 Å². The number of benzene rings is 1. The Morgan fingerprint density at radius 1 is 1.38 bits per heavy atom. The molecule has 0 amide bonds. The number of anilines is 1. The molecule has 1 aromatic carbocycles. The highest BCUT2D eigenvalue weighted by molar-refractivity contribution is 5.77. The van der Waals surface area contributed by atoms with Gasteiger partial charge in [0, 0.05) is 18.1 Å². The topological polar surface area (TPSA) is 53.0 Å². The molecule has 0 bridgehead atoms. The van der Waals surface area contributed by atoms with Gasteiger partial charge in [-0.15, -0.1) is 0 Å². The summed E-state index contributed by atoms with van der Waals surface area (Å²) in [5, 5.41) is 9.51. The molecule has 0 atom stereocenters. The molecule has 0 saturated carbocycles. The highest BCUT2D eigenvalue weighted by atomic mass is 19.1. The maximum absolute atomic E-state index is 13.1. The molecule has 3 nitrogen and oxygen atoms in total. The van der Waals surface area contributed by atoms with Gasteiger partial charge in [-0.2, -0.15) is 0 Å². The van der Waals surface area contributed by atoms with Crippen LogP contribution >= 0.6 is 0 Å². The van der Waals surface area contributed by atoms with Crippen molar-refractivity contribution in [2.75, 3.05) is 5.32 Å². The Kier molecular flexibility index (Phi) is 3.88. The highest BCUT2D eigenvalue weighted by Gasteiger charge is 2.09. The Balaban J connectivity index is 3.00. The van der Waals surface area contributed by atoms with Crippen molar-refractivity contribution >= 4 is 18.2 Å². The lowest BCUT2D eigenvalue weighted by molar-refractivity contribution is 0.111. The highest BCUT2D eigenvalue weighted by Crippen LogP contribution is 2.17. The largest absolute Gasteiger partial charge is 0.361 e. The fourth-order valence-electron chi connectivity index (χ4n) is 1.02. The Bertz CT molecular complexity index is 432. The van der Waals surface area contributed by atoms with E-state index >= 15 is 0 Å². The molecular formula is C11H10F2N2O. The van der Waals surface area contributed by atoms with Crippen LogP contribution in [-0.4, -0.2) is 12.5 Å². The number of nitrogens with one attached hydrogen (secondary N) is 2. The number of halogens is 2. The first-order valence-corrected chi connectivity index (χ1v) is 4.46. The van der Waals surface area contributed by atoms with Gasteiger partial charge in [0.25, 0.3) is 0 Å². The maximum atomic E-state index is 13.1. The van der Waals surface area contributed by atoms with E-state index in [0.717, 1.165) is 18.3 Å². The normalized spacial score (nSPS) is 11.1. The summed E-state index contributed by atoms with van der Waals surface area (Å²) in [6.45, 7) is 1.66. The van der Waals surface area contributed by atoms with Crippen molar-refractivity contribution in [2.45, 2.75) is 6.92 Å². The summed E-state index contributed by atoms with van der Waals surface area (Å²) >= 11 is 0. The van der Waals surface area contributed by atoms with Crippen LogP contribution < -0.4 is 5.32 Å². The van der Waals surface area contributed by atoms with Gasteiger partial charge in [-0.25, -0.2) is 8.78 Å². The van der Waals surface area contributed by atoms with E-state index in [1.807, 2.05) is 0 Å². The zero-order valence-corrected chi connectivity index (χ0v) is 8.55. The van der Waals surface area contributed by atoms with E-state index in [1.54, 1.807) is 6.92 Å². The Morgan fingerprint density at radius 2 is 1.94 bits per heavy atom. The molecule has 16 heavy (non-hydrogen) atoms. The number of aldehydes is 1. The zero-order chi connectivity index (χ0) is 12.1. The van der Waals surface area contributed by atoms with Crippen molar-refractivity contribution in [3.8, 4) is 0 Å². The van der Waals surface area contributed by atoms with E-state index in [-0.39, 0.29) is 12.0 Å². The fraction of sp³-hybridized carbons (Fsp3) is 0.0909. The molecule has 0 aromatic heterocycles. The summed E-state index contributed by atoms with van der Waals surface area (Å²) in [7, 11) is 0. The van der Waals surface area contributed by atoms with Gasteiger partial charge in [0.2, 0.25) is 0 Å². The van der Waals surface area contributed by atoms with E-state index in [4.69, 9.17) is 5.41 Å². The van der Waals surface area contributed by atoms with Gasteiger partial charge in [-0.05, 0) is 24.6 Å².